The standard InChI is InChI=1S/C49H57N3O9S/c1-4-6-29-52(49-51-42-13-9-10-14-44(42)62-49)50-33-38-32-41(27-28-43(38)61-48(56)35-17-15-34(3)16-18-35)60-47(55)37-21-19-36(20-22-37)46(54)59-40-25-23-39(24-26-40)57-30-11-7-8-12-31-58-45(53)5-2/h4-5,9-10,13-14,23-28,32-37H,1-2,6-8,11-12,15-22,29-31H2,3H3/b50-33+/t34-,35-,36-,37-. The summed E-state index contributed by atoms with van der Waals surface area (Å²) in [5.74, 6) is 0.0765. The number of hydrazone groups is 1. The maximum Gasteiger partial charge on any atom is 0.330 e. The van der Waals surface area contributed by atoms with Crippen molar-refractivity contribution in [2.45, 2.75) is 90.4 Å². The lowest BCUT2D eigenvalue weighted by Crippen LogP contribution is -2.30. The van der Waals surface area contributed by atoms with Crippen LogP contribution in [0.4, 0.5) is 5.13 Å². The van der Waals surface area contributed by atoms with Crippen molar-refractivity contribution in [1.82, 2.24) is 4.98 Å². The second-order valence-corrected chi connectivity index (χ2v) is 17.0. The first kappa shape index (κ1) is 45.7. The van der Waals surface area contributed by atoms with E-state index in [4.69, 9.17) is 33.8 Å². The van der Waals surface area contributed by atoms with E-state index in [-0.39, 0.29) is 35.7 Å². The fourth-order valence-corrected chi connectivity index (χ4v) is 8.49. The fraction of sp³-hybridized carbons (Fsp3) is 0.429. The average Bonchev–Trinajstić information content (AvgIpc) is 3.73. The van der Waals surface area contributed by atoms with Crippen LogP contribution >= 0.6 is 11.3 Å². The predicted octanol–water partition coefficient (Wildman–Crippen LogP) is 10.4. The van der Waals surface area contributed by atoms with Crippen molar-refractivity contribution in [3.8, 4) is 23.0 Å². The smallest absolute Gasteiger partial charge is 0.330 e. The van der Waals surface area contributed by atoms with Gasteiger partial charge < -0.3 is 23.7 Å². The van der Waals surface area contributed by atoms with Crippen LogP contribution in [-0.4, -0.2) is 54.8 Å². The second kappa shape index (κ2) is 23.4. The molecule has 0 aliphatic heterocycles. The Balaban J connectivity index is 1.02. The number of benzene rings is 3. The van der Waals surface area contributed by atoms with Crippen molar-refractivity contribution < 1.29 is 42.9 Å². The summed E-state index contributed by atoms with van der Waals surface area (Å²) in [6.45, 7) is 10.9. The molecular weight excluding hydrogens is 807 g/mol. The Hall–Kier alpha value is -5.82. The van der Waals surface area contributed by atoms with Gasteiger partial charge in [0.2, 0.25) is 5.13 Å². The lowest BCUT2D eigenvalue weighted by molar-refractivity contribution is -0.145. The molecule has 1 heterocycles. The van der Waals surface area contributed by atoms with Crippen molar-refractivity contribution >= 4 is 56.8 Å². The zero-order chi connectivity index (χ0) is 43.7. The van der Waals surface area contributed by atoms with Crippen LogP contribution in [-0.2, 0) is 23.9 Å². The third-order valence-electron chi connectivity index (χ3n) is 11.3. The number of para-hydroxylation sites is 1. The van der Waals surface area contributed by atoms with E-state index in [1.165, 1.54) is 11.3 Å². The van der Waals surface area contributed by atoms with Gasteiger partial charge in [0.25, 0.3) is 0 Å². The summed E-state index contributed by atoms with van der Waals surface area (Å²) < 4.78 is 29.5. The highest BCUT2D eigenvalue weighted by molar-refractivity contribution is 7.22. The first-order chi connectivity index (χ1) is 30.2. The van der Waals surface area contributed by atoms with Crippen LogP contribution in [0, 0.1) is 23.7 Å². The molecule has 12 nitrogen and oxygen atoms in total. The summed E-state index contributed by atoms with van der Waals surface area (Å²) in [6, 6.07) is 19.8. The van der Waals surface area contributed by atoms with Crippen molar-refractivity contribution in [2.75, 3.05) is 24.8 Å². The lowest BCUT2D eigenvalue weighted by atomic mass is 9.82. The molecule has 1 aromatic heterocycles. The van der Waals surface area contributed by atoms with Crippen molar-refractivity contribution in [2.24, 2.45) is 28.8 Å². The number of thiazole rings is 1. The molecule has 2 aliphatic rings. The molecule has 62 heavy (non-hydrogen) atoms. The molecule has 0 N–H and O–H groups in total. The molecule has 0 unspecified atom stereocenters. The topological polar surface area (TPSA) is 143 Å². The summed E-state index contributed by atoms with van der Waals surface area (Å²) >= 11 is 1.53. The maximum atomic E-state index is 13.5. The number of fused-ring (bicyclic) bond motifs is 1. The molecule has 0 spiro atoms. The number of esters is 4. The highest BCUT2D eigenvalue weighted by atomic mass is 32.1. The van der Waals surface area contributed by atoms with Gasteiger partial charge in [0, 0.05) is 18.2 Å². The zero-order valence-electron chi connectivity index (χ0n) is 35.5. The van der Waals surface area contributed by atoms with E-state index in [9.17, 15) is 19.2 Å². The third kappa shape index (κ3) is 13.6. The molecule has 0 saturated heterocycles. The summed E-state index contributed by atoms with van der Waals surface area (Å²) in [6.07, 6.45) is 14.3. The van der Waals surface area contributed by atoms with Crippen LogP contribution in [0.1, 0.15) is 96.0 Å². The summed E-state index contributed by atoms with van der Waals surface area (Å²) in [4.78, 5) is 55.8. The van der Waals surface area contributed by atoms with Crippen LogP contribution in [0.5, 0.6) is 23.0 Å². The quantitative estimate of drug-likeness (QED) is 0.0150. The first-order valence-electron chi connectivity index (χ1n) is 21.8. The SMILES string of the molecule is C=CCCN(/N=C/c1cc(OC(=O)[C@H]2CC[C@H](C(=O)Oc3ccc(OCCCCCCOC(=O)C=C)cc3)CC2)ccc1OC(=O)[C@H]1CC[C@H](C)CC1)c1nc2ccccc2s1. The Labute approximate surface area is 367 Å². The monoisotopic (exact) mass is 863 g/mol. The Bertz CT molecular complexity index is 2140. The number of hydrogen-bond acceptors (Lipinski definition) is 13. The van der Waals surface area contributed by atoms with Gasteiger partial charge >= 0.3 is 23.9 Å². The molecule has 0 bridgehead atoms. The Kier molecular flexibility index (Phi) is 17.3. The van der Waals surface area contributed by atoms with E-state index >= 15 is 0 Å². The number of carbonyl (C=O) groups excluding carboxylic acids is 4. The van der Waals surface area contributed by atoms with Crippen LogP contribution in [0.15, 0.2) is 97.1 Å². The number of nitrogens with zero attached hydrogens (tertiary/aromatic N) is 3. The van der Waals surface area contributed by atoms with Gasteiger partial charge in [-0.05, 0) is 144 Å². The largest absolute Gasteiger partial charge is 0.494 e. The van der Waals surface area contributed by atoms with Gasteiger partial charge in [0.15, 0.2) is 0 Å². The number of rotatable bonds is 21. The Morgan fingerprint density at radius 2 is 1.34 bits per heavy atom. The van der Waals surface area contributed by atoms with E-state index in [1.54, 1.807) is 53.7 Å². The number of hydrogen-bond donors (Lipinski definition) is 0. The number of carbonyl (C=O) groups is 4. The molecule has 6 rings (SSSR count). The molecule has 0 radical (unpaired) electrons. The van der Waals surface area contributed by atoms with Gasteiger partial charge in [0.05, 0.1) is 47.4 Å². The number of anilines is 1. The third-order valence-corrected chi connectivity index (χ3v) is 12.3. The van der Waals surface area contributed by atoms with Crippen LogP contribution < -0.4 is 24.0 Å². The number of aromatic nitrogens is 1. The van der Waals surface area contributed by atoms with Gasteiger partial charge in [-0.3, -0.25) is 14.4 Å². The normalized spacial score (nSPS) is 18.7. The summed E-state index contributed by atoms with van der Waals surface area (Å²) in [5.41, 5.74) is 1.36. The maximum absolute atomic E-state index is 13.5. The van der Waals surface area contributed by atoms with Gasteiger partial charge in [-0.25, -0.2) is 14.8 Å². The highest BCUT2D eigenvalue weighted by Gasteiger charge is 2.33. The molecule has 4 aromatic rings. The molecule has 328 valence electrons. The van der Waals surface area contributed by atoms with Crippen LogP contribution in [0.2, 0.25) is 0 Å². The minimum atomic E-state index is -0.403. The molecule has 0 atom stereocenters. The number of unbranched alkanes of at least 4 members (excludes halogenated alkanes) is 3. The molecule has 3 aromatic carbocycles. The molecular formula is C49H57N3O9S. The van der Waals surface area contributed by atoms with Crippen LogP contribution in [0.25, 0.3) is 10.2 Å². The molecule has 0 amide bonds. The van der Waals surface area contributed by atoms with Gasteiger partial charge in [-0.2, -0.15) is 5.10 Å². The van der Waals surface area contributed by atoms with Gasteiger partial charge in [0.1, 0.15) is 23.0 Å². The van der Waals surface area contributed by atoms with E-state index in [0.717, 1.165) is 67.7 Å². The van der Waals surface area contributed by atoms with E-state index in [1.807, 2.05) is 30.3 Å². The molecule has 2 fully saturated rings. The fourth-order valence-electron chi connectivity index (χ4n) is 7.54. The zero-order valence-corrected chi connectivity index (χ0v) is 36.4. The molecule has 13 heteroatoms. The van der Waals surface area contributed by atoms with Crippen LogP contribution in [0.3, 0.4) is 0 Å². The van der Waals surface area contributed by atoms with Crippen molar-refractivity contribution in [3.63, 3.8) is 0 Å². The van der Waals surface area contributed by atoms with Crippen molar-refractivity contribution in [1.29, 1.82) is 0 Å². The summed E-state index contributed by atoms with van der Waals surface area (Å²) in [7, 11) is 0. The molecule has 2 saturated carbocycles. The van der Waals surface area contributed by atoms with E-state index < -0.39 is 5.97 Å². The van der Waals surface area contributed by atoms with Crippen molar-refractivity contribution in [3.05, 3.63) is 97.6 Å². The highest BCUT2D eigenvalue weighted by Crippen LogP contribution is 2.35. The molecule has 2 aliphatic carbocycles. The number of ether oxygens (including phenoxy) is 5. The Morgan fingerprint density at radius 3 is 2.00 bits per heavy atom. The Morgan fingerprint density at radius 1 is 0.742 bits per heavy atom. The second-order valence-electron chi connectivity index (χ2n) is 16.0. The van der Waals surface area contributed by atoms with E-state index in [0.29, 0.717) is 91.5 Å². The minimum Gasteiger partial charge on any atom is -0.494 e. The minimum absolute atomic E-state index is 0.171. The van der Waals surface area contributed by atoms with Gasteiger partial charge in [-0.15, -0.1) is 6.58 Å². The summed E-state index contributed by atoms with van der Waals surface area (Å²) in [5, 5.41) is 7.32. The van der Waals surface area contributed by atoms with E-state index in [2.05, 4.69) is 20.1 Å². The van der Waals surface area contributed by atoms with Gasteiger partial charge in [-0.1, -0.05) is 43.0 Å². The first-order valence-corrected chi connectivity index (χ1v) is 22.6. The average molecular weight is 864 g/mol. The predicted molar refractivity (Wildman–Crippen MR) is 241 cm³/mol. The lowest BCUT2D eigenvalue weighted by Gasteiger charge is -2.26.